The molecule has 0 fully saturated rings. The number of nitrogens with zero attached hydrogens (tertiary/aromatic N) is 2. The minimum atomic E-state index is -0.107. The van der Waals surface area contributed by atoms with E-state index in [-0.39, 0.29) is 6.61 Å². The van der Waals surface area contributed by atoms with Crippen molar-refractivity contribution in [3.8, 4) is 11.3 Å². The van der Waals surface area contributed by atoms with Gasteiger partial charge in [-0.2, -0.15) is 0 Å². The van der Waals surface area contributed by atoms with E-state index < -0.39 is 0 Å². The van der Waals surface area contributed by atoms with Crippen LogP contribution in [0, 0.1) is 0 Å². The minimum absolute atomic E-state index is 0.107. The third kappa shape index (κ3) is 1.57. The zero-order chi connectivity index (χ0) is 9.10. The standard InChI is InChI=1S/C9H8N2O2/c12-6-8-4-9(13-11-8)7-2-1-3-10-5-7/h1-5,12H,6H2. The van der Waals surface area contributed by atoms with E-state index in [2.05, 4.69) is 10.1 Å². The lowest BCUT2D eigenvalue weighted by Crippen LogP contribution is -1.78. The molecule has 0 aliphatic heterocycles. The maximum atomic E-state index is 8.76. The molecule has 0 bridgehead atoms. The highest BCUT2D eigenvalue weighted by Gasteiger charge is 2.04. The average molecular weight is 176 g/mol. The van der Waals surface area contributed by atoms with Crippen molar-refractivity contribution in [2.75, 3.05) is 0 Å². The Balaban J connectivity index is 2.36. The Morgan fingerprint density at radius 1 is 1.46 bits per heavy atom. The third-order valence-electron chi connectivity index (χ3n) is 1.67. The molecule has 0 aliphatic carbocycles. The first-order valence-corrected chi connectivity index (χ1v) is 3.87. The van der Waals surface area contributed by atoms with Crippen molar-refractivity contribution in [1.29, 1.82) is 0 Å². The van der Waals surface area contributed by atoms with Gasteiger partial charge < -0.3 is 9.63 Å². The SMILES string of the molecule is OCc1cc(-c2cccnc2)on1. The molecular weight excluding hydrogens is 168 g/mol. The van der Waals surface area contributed by atoms with E-state index in [9.17, 15) is 0 Å². The minimum Gasteiger partial charge on any atom is -0.390 e. The van der Waals surface area contributed by atoms with Crippen LogP contribution in [-0.4, -0.2) is 15.2 Å². The lowest BCUT2D eigenvalue weighted by atomic mass is 10.2. The largest absolute Gasteiger partial charge is 0.390 e. The zero-order valence-electron chi connectivity index (χ0n) is 6.84. The molecule has 66 valence electrons. The molecule has 0 saturated carbocycles. The summed E-state index contributed by atoms with van der Waals surface area (Å²) in [5.74, 6) is 0.622. The average Bonchev–Trinajstić information content (AvgIpc) is 2.67. The fourth-order valence-corrected chi connectivity index (χ4v) is 1.03. The van der Waals surface area contributed by atoms with E-state index in [1.165, 1.54) is 0 Å². The summed E-state index contributed by atoms with van der Waals surface area (Å²) in [5, 5.41) is 12.4. The van der Waals surface area contributed by atoms with E-state index in [1.807, 2.05) is 12.1 Å². The lowest BCUT2D eigenvalue weighted by molar-refractivity contribution is 0.267. The smallest absolute Gasteiger partial charge is 0.168 e. The lowest BCUT2D eigenvalue weighted by Gasteiger charge is -1.90. The fourth-order valence-electron chi connectivity index (χ4n) is 1.03. The summed E-state index contributed by atoms with van der Waals surface area (Å²) in [6, 6.07) is 5.38. The summed E-state index contributed by atoms with van der Waals surface area (Å²) < 4.78 is 4.99. The van der Waals surface area contributed by atoms with Gasteiger partial charge in [-0.25, -0.2) is 0 Å². The van der Waals surface area contributed by atoms with Crippen molar-refractivity contribution >= 4 is 0 Å². The Labute approximate surface area is 74.8 Å². The van der Waals surface area contributed by atoms with Gasteiger partial charge in [0.2, 0.25) is 0 Å². The van der Waals surface area contributed by atoms with E-state index in [0.29, 0.717) is 11.5 Å². The Bertz CT molecular complexity index is 384. The molecule has 0 aliphatic rings. The molecule has 2 aromatic rings. The highest BCUT2D eigenvalue weighted by molar-refractivity contribution is 5.55. The van der Waals surface area contributed by atoms with Gasteiger partial charge in [-0.1, -0.05) is 5.16 Å². The monoisotopic (exact) mass is 176 g/mol. The van der Waals surface area contributed by atoms with E-state index in [0.717, 1.165) is 5.56 Å². The molecule has 0 atom stereocenters. The predicted molar refractivity (Wildman–Crippen MR) is 45.7 cm³/mol. The van der Waals surface area contributed by atoms with Crippen LogP contribution in [0.2, 0.25) is 0 Å². The van der Waals surface area contributed by atoms with Gasteiger partial charge in [-0.15, -0.1) is 0 Å². The van der Waals surface area contributed by atoms with Crippen molar-refractivity contribution in [1.82, 2.24) is 10.1 Å². The Morgan fingerprint density at radius 2 is 2.38 bits per heavy atom. The molecule has 0 spiro atoms. The molecule has 13 heavy (non-hydrogen) atoms. The van der Waals surface area contributed by atoms with Crippen molar-refractivity contribution in [2.24, 2.45) is 0 Å². The molecular formula is C9H8N2O2. The summed E-state index contributed by atoms with van der Waals surface area (Å²) in [6.07, 6.45) is 3.37. The summed E-state index contributed by atoms with van der Waals surface area (Å²) in [4.78, 5) is 3.95. The van der Waals surface area contributed by atoms with Crippen LogP contribution in [0.3, 0.4) is 0 Å². The van der Waals surface area contributed by atoms with Crippen LogP contribution < -0.4 is 0 Å². The van der Waals surface area contributed by atoms with Crippen molar-refractivity contribution in [3.05, 3.63) is 36.3 Å². The number of hydrogen-bond donors (Lipinski definition) is 1. The van der Waals surface area contributed by atoms with E-state index >= 15 is 0 Å². The summed E-state index contributed by atoms with van der Waals surface area (Å²) in [7, 11) is 0. The quantitative estimate of drug-likeness (QED) is 0.747. The molecule has 0 unspecified atom stereocenters. The molecule has 0 saturated heterocycles. The maximum absolute atomic E-state index is 8.76. The first-order chi connectivity index (χ1) is 6.40. The van der Waals surface area contributed by atoms with Gasteiger partial charge in [0.05, 0.1) is 6.61 Å². The van der Waals surface area contributed by atoms with Gasteiger partial charge in [0.15, 0.2) is 5.76 Å². The van der Waals surface area contributed by atoms with Crippen LogP contribution in [0.15, 0.2) is 35.1 Å². The summed E-state index contributed by atoms with van der Waals surface area (Å²) >= 11 is 0. The van der Waals surface area contributed by atoms with Gasteiger partial charge >= 0.3 is 0 Å². The summed E-state index contributed by atoms with van der Waals surface area (Å²) in [5.41, 5.74) is 1.38. The van der Waals surface area contributed by atoms with Crippen LogP contribution in [-0.2, 0) is 6.61 Å². The van der Waals surface area contributed by atoms with Crippen LogP contribution in [0.25, 0.3) is 11.3 Å². The molecule has 2 aromatic heterocycles. The van der Waals surface area contributed by atoms with Gasteiger partial charge in [0.1, 0.15) is 5.69 Å². The molecule has 0 radical (unpaired) electrons. The second kappa shape index (κ2) is 3.37. The number of aliphatic hydroxyl groups is 1. The first-order valence-electron chi connectivity index (χ1n) is 3.87. The second-order valence-corrected chi connectivity index (χ2v) is 2.58. The molecule has 2 rings (SSSR count). The number of pyridine rings is 1. The zero-order valence-corrected chi connectivity index (χ0v) is 6.84. The van der Waals surface area contributed by atoms with Crippen molar-refractivity contribution in [3.63, 3.8) is 0 Å². The summed E-state index contributed by atoms with van der Waals surface area (Å²) in [6.45, 7) is -0.107. The van der Waals surface area contributed by atoms with Crippen LogP contribution >= 0.6 is 0 Å². The van der Waals surface area contributed by atoms with Gasteiger partial charge in [-0.05, 0) is 12.1 Å². The van der Waals surface area contributed by atoms with Crippen LogP contribution in [0.4, 0.5) is 0 Å². The van der Waals surface area contributed by atoms with E-state index in [1.54, 1.807) is 18.5 Å². The normalized spacial score (nSPS) is 10.2. The van der Waals surface area contributed by atoms with Crippen LogP contribution in [0.1, 0.15) is 5.69 Å². The third-order valence-corrected chi connectivity index (χ3v) is 1.67. The second-order valence-electron chi connectivity index (χ2n) is 2.58. The van der Waals surface area contributed by atoms with E-state index in [4.69, 9.17) is 9.63 Å². The number of hydrogen-bond acceptors (Lipinski definition) is 4. The number of aliphatic hydroxyl groups excluding tert-OH is 1. The molecule has 0 amide bonds. The molecule has 2 heterocycles. The number of aromatic nitrogens is 2. The molecule has 0 aromatic carbocycles. The fraction of sp³-hybridized carbons (Fsp3) is 0.111. The Kier molecular flexibility index (Phi) is 2.06. The van der Waals surface area contributed by atoms with Crippen molar-refractivity contribution < 1.29 is 9.63 Å². The highest BCUT2D eigenvalue weighted by Crippen LogP contribution is 2.18. The maximum Gasteiger partial charge on any atom is 0.168 e. The van der Waals surface area contributed by atoms with Gasteiger partial charge in [-0.3, -0.25) is 4.98 Å². The highest BCUT2D eigenvalue weighted by atomic mass is 16.5. The number of rotatable bonds is 2. The molecule has 4 heteroatoms. The molecule has 4 nitrogen and oxygen atoms in total. The van der Waals surface area contributed by atoms with Crippen LogP contribution in [0.5, 0.6) is 0 Å². The first kappa shape index (κ1) is 7.94. The predicted octanol–water partition coefficient (Wildman–Crippen LogP) is 1.23. The Morgan fingerprint density at radius 3 is 3.00 bits per heavy atom. The Hall–Kier alpha value is -1.68. The van der Waals surface area contributed by atoms with Gasteiger partial charge in [0, 0.05) is 24.0 Å². The van der Waals surface area contributed by atoms with Gasteiger partial charge in [0.25, 0.3) is 0 Å². The molecule has 1 N–H and O–H groups in total. The van der Waals surface area contributed by atoms with Crippen molar-refractivity contribution in [2.45, 2.75) is 6.61 Å². The topological polar surface area (TPSA) is 59.2 Å².